The van der Waals surface area contributed by atoms with Gasteiger partial charge in [-0.25, -0.2) is 9.97 Å². The van der Waals surface area contributed by atoms with Crippen molar-refractivity contribution in [2.24, 2.45) is 5.73 Å². The summed E-state index contributed by atoms with van der Waals surface area (Å²) in [6, 6.07) is 13.2. The fourth-order valence-corrected chi connectivity index (χ4v) is 3.21. The molecule has 6 nitrogen and oxygen atoms in total. The van der Waals surface area contributed by atoms with Gasteiger partial charge in [0.1, 0.15) is 0 Å². The molecular weight excluding hydrogens is 345 g/mol. The highest BCUT2D eigenvalue weighted by atomic mass is 32.1. The topological polar surface area (TPSA) is 92.9 Å². The van der Waals surface area contributed by atoms with Crippen molar-refractivity contribution in [1.82, 2.24) is 15.3 Å². The van der Waals surface area contributed by atoms with Crippen molar-refractivity contribution in [3.63, 3.8) is 0 Å². The average Bonchev–Trinajstić information content (AvgIpc) is 3.09. The molecule has 0 saturated heterocycles. The minimum absolute atomic E-state index is 0.101. The highest BCUT2D eigenvalue weighted by Crippen LogP contribution is 2.22. The molecule has 132 valence electrons. The van der Waals surface area contributed by atoms with Crippen molar-refractivity contribution in [3.8, 4) is 10.6 Å². The molecular formula is C18H20BN5OS. The van der Waals surface area contributed by atoms with Crippen molar-refractivity contribution < 1.29 is 4.79 Å². The van der Waals surface area contributed by atoms with Crippen LogP contribution in [-0.4, -0.2) is 36.8 Å². The van der Waals surface area contributed by atoms with E-state index >= 15 is 0 Å². The summed E-state index contributed by atoms with van der Waals surface area (Å²) in [6.07, 6.45) is 2.50. The Labute approximate surface area is 157 Å². The number of hydrogen-bond donors (Lipinski definition) is 3. The van der Waals surface area contributed by atoms with Crippen LogP contribution >= 0.6 is 11.3 Å². The quantitative estimate of drug-likeness (QED) is 0.433. The van der Waals surface area contributed by atoms with Gasteiger partial charge in [-0.2, -0.15) is 0 Å². The van der Waals surface area contributed by atoms with E-state index in [9.17, 15) is 4.79 Å². The SMILES string of the molecule is Bc1ccc(-c2ccnc(Nc3ccc(C(=O)NCCCN)cc3)n2)s1. The third kappa shape index (κ3) is 4.68. The number of nitrogens with two attached hydrogens (primary N) is 1. The Morgan fingerprint density at radius 1 is 1.15 bits per heavy atom. The van der Waals surface area contributed by atoms with Gasteiger partial charge < -0.3 is 16.4 Å². The number of amides is 1. The van der Waals surface area contributed by atoms with Crippen molar-refractivity contribution in [2.45, 2.75) is 6.42 Å². The molecule has 1 amide bonds. The predicted molar refractivity (Wildman–Crippen MR) is 109 cm³/mol. The number of nitrogens with zero attached hydrogens (tertiary/aromatic N) is 2. The number of aromatic nitrogens is 2. The molecule has 2 heterocycles. The molecule has 4 N–H and O–H groups in total. The van der Waals surface area contributed by atoms with Crippen molar-refractivity contribution in [3.05, 3.63) is 54.2 Å². The molecule has 0 saturated carbocycles. The van der Waals surface area contributed by atoms with E-state index in [0.29, 0.717) is 24.6 Å². The highest BCUT2D eigenvalue weighted by Gasteiger charge is 2.07. The lowest BCUT2D eigenvalue weighted by Gasteiger charge is -2.08. The van der Waals surface area contributed by atoms with Gasteiger partial charge in [0, 0.05) is 24.0 Å². The van der Waals surface area contributed by atoms with Gasteiger partial charge in [0.15, 0.2) is 7.85 Å². The van der Waals surface area contributed by atoms with Crippen LogP contribution < -0.4 is 21.1 Å². The van der Waals surface area contributed by atoms with Gasteiger partial charge in [-0.15, -0.1) is 11.3 Å². The van der Waals surface area contributed by atoms with Crippen LogP contribution in [0.3, 0.4) is 0 Å². The van der Waals surface area contributed by atoms with Crippen LogP contribution in [0, 0.1) is 0 Å². The van der Waals surface area contributed by atoms with Gasteiger partial charge in [0.2, 0.25) is 5.95 Å². The van der Waals surface area contributed by atoms with Crippen molar-refractivity contribution in [2.75, 3.05) is 18.4 Å². The Morgan fingerprint density at radius 3 is 2.65 bits per heavy atom. The second-order valence-electron chi connectivity index (χ2n) is 5.78. The van der Waals surface area contributed by atoms with Gasteiger partial charge in [0.25, 0.3) is 5.91 Å². The van der Waals surface area contributed by atoms with E-state index < -0.39 is 0 Å². The summed E-state index contributed by atoms with van der Waals surface area (Å²) in [5.41, 5.74) is 7.74. The summed E-state index contributed by atoms with van der Waals surface area (Å²) >= 11 is 1.70. The Hall–Kier alpha value is -2.71. The number of thiophene rings is 1. The van der Waals surface area contributed by atoms with Crippen LogP contribution in [0.25, 0.3) is 10.6 Å². The summed E-state index contributed by atoms with van der Waals surface area (Å²) in [5, 5.41) is 6.01. The fraction of sp³-hybridized carbons (Fsp3) is 0.167. The zero-order chi connectivity index (χ0) is 18.4. The van der Waals surface area contributed by atoms with Crippen LogP contribution in [0.2, 0.25) is 0 Å². The maximum absolute atomic E-state index is 12.0. The van der Waals surface area contributed by atoms with Gasteiger partial charge >= 0.3 is 0 Å². The number of rotatable bonds is 7. The molecule has 0 unspecified atom stereocenters. The lowest BCUT2D eigenvalue weighted by molar-refractivity contribution is 0.0953. The number of hydrogen-bond acceptors (Lipinski definition) is 6. The Kier molecular flexibility index (Phi) is 5.98. The minimum atomic E-state index is -0.101. The molecule has 0 spiro atoms. The molecule has 8 heteroatoms. The molecule has 0 fully saturated rings. The Bertz CT molecular complexity index is 881. The third-order valence-electron chi connectivity index (χ3n) is 3.72. The molecule has 3 aromatic rings. The van der Waals surface area contributed by atoms with Crippen LogP contribution in [0.5, 0.6) is 0 Å². The van der Waals surface area contributed by atoms with Gasteiger partial charge in [-0.05, 0) is 54.1 Å². The summed E-state index contributed by atoms with van der Waals surface area (Å²) in [4.78, 5) is 21.9. The molecule has 3 rings (SSSR count). The van der Waals surface area contributed by atoms with E-state index in [4.69, 9.17) is 5.73 Å². The number of nitrogens with one attached hydrogen (secondary N) is 2. The smallest absolute Gasteiger partial charge is 0.251 e. The van der Waals surface area contributed by atoms with E-state index in [0.717, 1.165) is 22.7 Å². The number of anilines is 2. The Morgan fingerprint density at radius 2 is 1.96 bits per heavy atom. The maximum Gasteiger partial charge on any atom is 0.251 e. The molecule has 0 aliphatic carbocycles. The first kappa shape index (κ1) is 18.1. The van der Waals surface area contributed by atoms with Gasteiger partial charge in [0.05, 0.1) is 10.6 Å². The van der Waals surface area contributed by atoms with E-state index in [1.807, 2.05) is 18.2 Å². The first-order valence-electron chi connectivity index (χ1n) is 8.41. The third-order valence-corrected chi connectivity index (χ3v) is 4.74. The van der Waals surface area contributed by atoms with Crippen LogP contribution in [0.4, 0.5) is 11.6 Å². The molecule has 26 heavy (non-hydrogen) atoms. The summed E-state index contributed by atoms with van der Waals surface area (Å²) in [7, 11) is 2.07. The Balaban J connectivity index is 1.67. The molecule has 1 aromatic carbocycles. The molecule has 0 atom stereocenters. The van der Waals surface area contributed by atoms with Crippen molar-refractivity contribution >= 4 is 41.5 Å². The van der Waals surface area contributed by atoms with Crippen LogP contribution in [0.15, 0.2) is 48.7 Å². The highest BCUT2D eigenvalue weighted by molar-refractivity contribution is 7.23. The number of carbonyl (C=O) groups is 1. The van der Waals surface area contributed by atoms with Crippen LogP contribution in [0.1, 0.15) is 16.8 Å². The molecule has 0 bridgehead atoms. The summed E-state index contributed by atoms with van der Waals surface area (Å²) in [5.74, 6) is 0.421. The van der Waals surface area contributed by atoms with E-state index in [1.165, 1.54) is 4.78 Å². The average molecular weight is 365 g/mol. The van der Waals surface area contributed by atoms with Crippen molar-refractivity contribution in [1.29, 1.82) is 0 Å². The standard InChI is InChI=1S/C18H20BN5OS/c19-16-7-6-15(26-16)14-8-11-22-18(24-14)23-13-4-2-12(3-5-13)17(25)21-10-1-9-20/h2-8,11H,1,9-10,19-20H2,(H,21,25)(H,22,23,24). The molecule has 0 aliphatic rings. The number of carbonyl (C=O) groups excluding carboxylic acids is 1. The first-order chi connectivity index (χ1) is 12.7. The minimum Gasteiger partial charge on any atom is -0.352 e. The molecule has 0 radical (unpaired) electrons. The van der Waals surface area contributed by atoms with E-state index in [-0.39, 0.29) is 5.91 Å². The maximum atomic E-state index is 12.0. The van der Waals surface area contributed by atoms with E-state index in [2.05, 4.69) is 40.6 Å². The summed E-state index contributed by atoms with van der Waals surface area (Å²) < 4.78 is 1.24. The van der Waals surface area contributed by atoms with Gasteiger partial charge in [-0.3, -0.25) is 4.79 Å². The van der Waals surface area contributed by atoms with Gasteiger partial charge in [-0.1, -0.05) is 6.07 Å². The fourth-order valence-electron chi connectivity index (χ4n) is 2.37. The lowest BCUT2D eigenvalue weighted by Crippen LogP contribution is -2.25. The molecule has 2 aromatic heterocycles. The first-order valence-corrected chi connectivity index (χ1v) is 9.22. The zero-order valence-corrected chi connectivity index (χ0v) is 15.3. The molecule has 0 aliphatic heterocycles. The number of benzene rings is 1. The zero-order valence-electron chi connectivity index (χ0n) is 14.5. The normalized spacial score (nSPS) is 10.5. The largest absolute Gasteiger partial charge is 0.352 e. The van der Waals surface area contributed by atoms with Crippen LogP contribution in [-0.2, 0) is 0 Å². The lowest BCUT2D eigenvalue weighted by atomic mass is 10.1. The predicted octanol–water partition coefficient (Wildman–Crippen LogP) is 1.29. The second-order valence-corrected chi connectivity index (χ2v) is 7.06. The summed E-state index contributed by atoms with van der Waals surface area (Å²) in [6.45, 7) is 1.14. The monoisotopic (exact) mass is 365 g/mol. The van der Waals surface area contributed by atoms with E-state index in [1.54, 1.807) is 29.7 Å². The second kappa shape index (κ2) is 8.60.